The number of halogens is 2. The third-order valence-electron chi connectivity index (χ3n) is 4.32. The molecule has 0 spiro atoms. The Morgan fingerprint density at radius 1 is 1.24 bits per heavy atom. The summed E-state index contributed by atoms with van der Waals surface area (Å²) >= 11 is 6.02. The summed E-state index contributed by atoms with van der Waals surface area (Å²) in [7, 11) is -2.38. The Balaban J connectivity index is 2.07. The number of nitrogens with zero attached hydrogens (tertiary/aromatic N) is 1. The minimum atomic E-state index is -3.79. The summed E-state index contributed by atoms with van der Waals surface area (Å²) in [4.78, 5) is 12.6. The monoisotopic (exact) mass is 442 g/mol. The molecule has 158 valence electrons. The van der Waals surface area contributed by atoms with Gasteiger partial charge >= 0.3 is 0 Å². The molecule has 0 saturated heterocycles. The van der Waals surface area contributed by atoms with Gasteiger partial charge < -0.3 is 10.1 Å². The van der Waals surface area contributed by atoms with E-state index < -0.39 is 22.0 Å². The minimum absolute atomic E-state index is 0.191. The highest BCUT2D eigenvalue weighted by Crippen LogP contribution is 2.34. The lowest BCUT2D eigenvalue weighted by molar-refractivity contribution is -0.121. The van der Waals surface area contributed by atoms with Crippen molar-refractivity contribution >= 4 is 33.2 Å². The second kappa shape index (κ2) is 9.93. The Morgan fingerprint density at radius 3 is 2.48 bits per heavy atom. The van der Waals surface area contributed by atoms with Crippen molar-refractivity contribution < 1.29 is 22.3 Å². The van der Waals surface area contributed by atoms with Gasteiger partial charge in [0.15, 0.2) is 0 Å². The SMILES string of the molecule is COc1ccc(Cl)cc1N([C@H](C)C(=O)NCCCc1ccc(F)cc1)S(C)(=O)=O. The van der Waals surface area contributed by atoms with Crippen molar-refractivity contribution in [3.05, 3.63) is 58.9 Å². The van der Waals surface area contributed by atoms with Crippen molar-refractivity contribution in [1.29, 1.82) is 0 Å². The van der Waals surface area contributed by atoms with E-state index in [2.05, 4.69) is 5.32 Å². The summed E-state index contributed by atoms with van der Waals surface area (Å²) in [5.74, 6) is -0.458. The van der Waals surface area contributed by atoms with Gasteiger partial charge in [-0.3, -0.25) is 9.10 Å². The van der Waals surface area contributed by atoms with Gasteiger partial charge in [-0.15, -0.1) is 0 Å². The quantitative estimate of drug-likeness (QED) is 0.604. The van der Waals surface area contributed by atoms with Crippen LogP contribution in [0.1, 0.15) is 18.9 Å². The lowest BCUT2D eigenvalue weighted by Crippen LogP contribution is -2.48. The van der Waals surface area contributed by atoms with E-state index in [1.54, 1.807) is 24.3 Å². The maximum Gasteiger partial charge on any atom is 0.243 e. The fourth-order valence-electron chi connectivity index (χ4n) is 2.92. The van der Waals surface area contributed by atoms with Gasteiger partial charge in [-0.1, -0.05) is 23.7 Å². The number of amides is 1. The van der Waals surface area contributed by atoms with Gasteiger partial charge in [-0.2, -0.15) is 0 Å². The number of nitrogens with one attached hydrogen (secondary N) is 1. The van der Waals surface area contributed by atoms with Crippen molar-refractivity contribution in [3.63, 3.8) is 0 Å². The maximum absolute atomic E-state index is 12.9. The molecule has 0 radical (unpaired) electrons. The van der Waals surface area contributed by atoms with Crippen molar-refractivity contribution in [2.45, 2.75) is 25.8 Å². The number of rotatable bonds is 9. The molecule has 2 rings (SSSR count). The van der Waals surface area contributed by atoms with Gasteiger partial charge in [0.25, 0.3) is 0 Å². The van der Waals surface area contributed by atoms with Gasteiger partial charge in [-0.25, -0.2) is 12.8 Å². The van der Waals surface area contributed by atoms with E-state index in [-0.39, 0.29) is 17.3 Å². The van der Waals surface area contributed by atoms with Crippen molar-refractivity contribution in [2.24, 2.45) is 0 Å². The molecule has 0 fully saturated rings. The molecule has 0 bridgehead atoms. The van der Waals surface area contributed by atoms with Crippen LogP contribution >= 0.6 is 11.6 Å². The number of carbonyl (C=O) groups excluding carboxylic acids is 1. The summed E-state index contributed by atoms with van der Waals surface area (Å²) in [6.07, 6.45) is 2.31. The molecular formula is C20H24ClFN2O4S. The highest BCUT2D eigenvalue weighted by atomic mass is 35.5. The average Bonchev–Trinajstić information content (AvgIpc) is 2.65. The minimum Gasteiger partial charge on any atom is -0.495 e. The fourth-order valence-corrected chi connectivity index (χ4v) is 4.26. The molecule has 0 aliphatic carbocycles. The van der Waals surface area contributed by atoms with Gasteiger partial charge in [0.1, 0.15) is 17.6 Å². The van der Waals surface area contributed by atoms with Crippen LogP contribution in [0.3, 0.4) is 0 Å². The highest BCUT2D eigenvalue weighted by molar-refractivity contribution is 7.92. The van der Waals surface area contributed by atoms with E-state index >= 15 is 0 Å². The van der Waals surface area contributed by atoms with Crippen LogP contribution in [-0.4, -0.2) is 40.3 Å². The largest absolute Gasteiger partial charge is 0.495 e. The summed E-state index contributed by atoms with van der Waals surface area (Å²) in [6.45, 7) is 1.85. The molecule has 1 N–H and O–H groups in total. The third-order valence-corrected chi connectivity index (χ3v) is 5.78. The molecule has 0 unspecified atom stereocenters. The van der Waals surface area contributed by atoms with Crippen molar-refractivity contribution in [3.8, 4) is 5.75 Å². The van der Waals surface area contributed by atoms with Crippen LogP contribution in [0.2, 0.25) is 5.02 Å². The van der Waals surface area contributed by atoms with Crippen LogP contribution in [-0.2, 0) is 21.2 Å². The van der Waals surface area contributed by atoms with Gasteiger partial charge in [-0.05, 0) is 55.7 Å². The number of hydrogen-bond donors (Lipinski definition) is 1. The van der Waals surface area contributed by atoms with Crippen LogP contribution in [0, 0.1) is 5.82 Å². The predicted molar refractivity (Wildman–Crippen MR) is 113 cm³/mol. The molecule has 9 heteroatoms. The number of methoxy groups -OCH3 is 1. The molecule has 1 amide bonds. The van der Waals surface area contributed by atoms with Crippen LogP contribution < -0.4 is 14.4 Å². The topological polar surface area (TPSA) is 75.7 Å². The van der Waals surface area contributed by atoms with Crippen LogP contribution in [0.25, 0.3) is 0 Å². The summed E-state index contributed by atoms with van der Waals surface area (Å²) in [5, 5.41) is 3.07. The maximum atomic E-state index is 12.9. The van der Waals surface area contributed by atoms with E-state index in [0.717, 1.165) is 16.1 Å². The zero-order valence-electron chi connectivity index (χ0n) is 16.5. The van der Waals surface area contributed by atoms with E-state index in [4.69, 9.17) is 16.3 Å². The van der Waals surface area contributed by atoms with Crippen molar-refractivity contribution in [1.82, 2.24) is 5.32 Å². The Morgan fingerprint density at radius 2 is 1.90 bits per heavy atom. The number of ether oxygens (including phenoxy) is 1. The molecule has 0 saturated carbocycles. The summed E-state index contributed by atoms with van der Waals surface area (Å²) in [6, 6.07) is 9.71. The number of carbonyl (C=O) groups is 1. The second-order valence-corrected chi connectivity index (χ2v) is 8.87. The predicted octanol–water partition coefficient (Wildman–Crippen LogP) is 3.39. The number of sulfonamides is 1. The number of hydrogen-bond acceptors (Lipinski definition) is 4. The first-order valence-electron chi connectivity index (χ1n) is 8.98. The van der Waals surface area contributed by atoms with Gasteiger partial charge in [0.05, 0.1) is 19.1 Å². The molecule has 0 aliphatic heterocycles. The van der Waals surface area contributed by atoms with E-state index in [1.807, 2.05) is 0 Å². The Labute approximate surface area is 175 Å². The number of aryl methyl sites for hydroxylation is 1. The Hall–Kier alpha value is -2.32. The fraction of sp³-hybridized carbons (Fsp3) is 0.350. The normalized spacial score (nSPS) is 12.3. The van der Waals surface area contributed by atoms with Crippen LogP contribution in [0.5, 0.6) is 5.75 Å². The average molecular weight is 443 g/mol. The molecule has 0 aliphatic rings. The molecular weight excluding hydrogens is 419 g/mol. The molecule has 2 aromatic rings. The lowest BCUT2D eigenvalue weighted by Gasteiger charge is -2.29. The van der Waals surface area contributed by atoms with Gasteiger partial charge in [0.2, 0.25) is 15.9 Å². The summed E-state index contributed by atoms with van der Waals surface area (Å²) in [5.41, 5.74) is 1.14. The Bertz CT molecular complexity index is 951. The standard InChI is InChI=1S/C20H24ClFN2O4S/c1-14(20(25)23-12-4-5-15-6-9-17(22)10-7-15)24(29(3,26)27)18-13-16(21)8-11-19(18)28-2/h6-11,13-14H,4-5,12H2,1-3H3,(H,23,25)/t14-/m1/s1. The number of anilines is 1. The van der Waals surface area contributed by atoms with E-state index in [0.29, 0.717) is 24.4 Å². The first kappa shape index (κ1) is 23.0. The molecule has 0 heterocycles. The molecule has 6 nitrogen and oxygen atoms in total. The first-order valence-corrected chi connectivity index (χ1v) is 11.2. The van der Waals surface area contributed by atoms with Crippen LogP contribution in [0.15, 0.2) is 42.5 Å². The summed E-state index contributed by atoms with van der Waals surface area (Å²) < 4.78 is 44.0. The van der Waals surface area contributed by atoms with Gasteiger partial charge in [0, 0.05) is 11.6 Å². The second-order valence-electron chi connectivity index (χ2n) is 6.57. The van der Waals surface area contributed by atoms with Crippen LogP contribution in [0.4, 0.5) is 10.1 Å². The first-order chi connectivity index (χ1) is 13.6. The van der Waals surface area contributed by atoms with E-state index in [1.165, 1.54) is 32.2 Å². The smallest absolute Gasteiger partial charge is 0.243 e. The molecule has 29 heavy (non-hydrogen) atoms. The molecule has 2 aromatic carbocycles. The molecule has 0 aromatic heterocycles. The highest BCUT2D eigenvalue weighted by Gasteiger charge is 2.31. The Kier molecular flexibility index (Phi) is 7.87. The lowest BCUT2D eigenvalue weighted by atomic mass is 10.1. The molecule has 1 atom stereocenters. The van der Waals surface area contributed by atoms with Crippen molar-refractivity contribution in [2.75, 3.05) is 24.2 Å². The third kappa shape index (κ3) is 6.33. The van der Waals surface area contributed by atoms with E-state index in [9.17, 15) is 17.6 Å². The number of benzene rings is 2. The zero-order chi connectivity index (χ0) is 21.6. The zero-order valence-corrected chi connectivity index (χ0v) is 18.1.